The first-order valence-electron chi connectivity index (χ1n) is 9.31. The Hall–Kier alpha value is -3.28. The monoisotopic (exact) mass is 377 g/mol. The molecule has 1 atom stereocenters. The van der Waals surface area contributed by atoms with Crippen molar-refractivity contribution in [2.75, 3.05) is 18.4 Å². The number of nitrogens with zero attached hydrogens (tertiary/aromatic N) is 2. The van der Waals surface area contributed by atoms with Crippen LogP contribution in [-0.4, -0.2) is 34.8 Å². The minimum atomic E-state index is -0.378. The molecule has 2 aromatic carbocycles. The Balaban J connectivity index is 1.43. The number of nitrogens with one attached hydrogen (secondary N) is 1. The van der Waals surface area contributed by atoms with Crippen LogP contribution in [0.2, 0.25) is 0 Å². The second-order valence-electron chi connectivity index (χ2n) is 7.00. The number of benzene rings is 2. The third-order valence-corrected chi connectivity index (χ3v) is 5.03. The van der Waals surface area contributed by atoms with Crippen molar-refractivity contribution in [1.82, 2.24) is 9.88 Å². The van der Waals surface area contributed by atoms with Gasteiger partial charge < -0.3 is 10.2 Å². The number of halogens is 1. The summed E-state index contributed by atoms with van der Waals surface area (Å²) in [6, 6.07) is 15.1. The molecule has 28 heavy (non-hydrogen) atoms. The molecule has 1 fully saturated rings. The highest BCUT2D eigenvalue weighted by Gasteiger charge is 2.29. The normalized spacial score (nSPS) is 16.8. The molecule has 1 aromatic heterocycles. The molecule has 3 aromatic rings. The summed E-state index contributed by atoms with van der Waals surface area (Å²) in [4.78, 5) is 31.4. The quantitative estimate of drug-likeness (QED) is 0.754. The van der Waals surface area contributed by atoms with Gasteiger partial charge in [-0.2, -0.15) is 0 Å². The minimum absolute atomic E-state index is 0.117. The molecule has 6 heteroatoms. The molecule has 2 amide bonds. The number of hydrogen-bond donors (Lipinski definition) is 1. The van der Waals surface area contributed by atoms with E-state index in [1.807, 2.05) is 30.3 Å². The molecule has 1 aliphatic heterocycles. The van der Waals surface area contributed by atoms with Crippen molar-refractivity contribution in [3.05, 3.63) is 72.2 Å². The third-order valence-electron chi connectivity index (χ3n) is 5.03. The van der Waals surface area contributed by atoms with E-state index < -0.39 is 0 Å². The number of carbonyl (C=O) groups is 2. The van der Waals surface area contributed by atoms with Crippen LogP contribution in [0, 0.1) is 11.7 Å². The Morgan fingerprint density at radius 1 is 1.11 bits per heavy atom. The number of piperidine rings is 1. The lowest BCUT2D eigenvalue weighted by Crippen LogP contribution is -2.43. The molecule has 142 valence electrons. The fourth-order valence-corrected chi connectivity index (χ4v) is 3.53. The summed E-state index contributed by atoms with van der Waals surface area (Å²) >= 11 is 0. The van der Waals surface area contributed by atoms with Gasteiger partial charge in [0.15, 0.2) is 0 Å². The van der Waals surface area contributed by atoms with E-state index in [0.717, 1.165) is 23.7 Å². The van der Waals surface area contributed by atoms with Gasteiger partial charge in [0.25, 0.3) is 5.91 Å². The fourth-order valence-electron chi connectivity index (χ4n) is 3.53. The molecule has 4 rings (SSSR count). The van der Waals surface area contributed by atoms with Crippen molar-refractivity contribution in [1.29, 1.82) is 0 Å². The highest BCUT2D eigenvalue weighted by atomic mass is 19.1. The Morgan fingerprint density at radius 3 is 2.71 bits per heavy atom. The largest absolute Gasteiger partial charge is 0.338 e. The molecule has 0 spiro atoms. The number of aromatic nitrogens is 1. The first-order chi connectivity index (χ1) is 13.6. The highest BCUT2D eigenvalue weighted by Crippen LogP contribution is 2.22. The van der Waals surface area contributed by atoms with Gasteiger partial charge in [0.05, 0.1) is 23.3 Å². The van der Waals surface area contributed by atoms with E-state index in [1.165, 1.54) is 24.3 Å². The van der Waals surface area contributed by atoms with Crippen molar-refractivity contribution < 1.29 is 14.0 Å². The van der Waals surface area contributed by atoms with Crippen LogP contribution in [0.25, 0.3) is 10.9 Å². The molecular weight excluding hydrogens is 357 g/mol. The molecule has 1 saturated heterocycles. The lowest BCUT2D eigenvalue weighted by Gasteiger charge is -2.32. The number of para-hydroxylation sites is 1. The van der Waals surface area contributed by atoms with Crippen molar-refractivity contribution in [3.8, 4) is 0 Å². The van der Waals surface area contributed by atoms with Gasteiger partial charge in [-0.05, 0) is 49.2 Å². The standard InChI is InChI=1S/C22H20FN3O2/c23-18-9-7-15(8-10-18)22(28)26-11-3-5-17(14-26)21(27)25-19-12-16-4-1-2-6-20(16)24-13-19/h1-2,4,6-10,12-13,17H,3,5,11,14H2,(H,25,27). The first kappa shape index (κ1) is 18.1. The SMILES string of the molecule is O=C(Nc1cnc2ccccc2c1)C1CCCN(C(=O)c2ccc(F)cc2)C1. The highest BCUT2D eigenvalue weighted by molar-refractivity contribution is 5.97. The topological polar surface area (TPSA) is 62.3 Å². The Morgan fingerprint density at radius 2 is 1.89 bits per heavy atom. The van der Waals surface area contributed by atoms with Crippen molar-refractivity contribution in [3.63, 3.8) is 0 Å². The Labute approximate surface area is 162 Å². The molecule has 2 heterocycles. The molecule has 5 nitrogen and oxygen atoms in total. The van der Waals surface area contributed by atoms with Crippen molar-refractivity contribution >= 4 is 28.4 Å². The van der Waals surface area contributed by atoms with E-state index in [9.17, 15) is 14.0 Å². The van der Waals surface area contributed by atoms with Gasteiger partial charge in [-0.1, -0.05) is 18.2 Å². The van der Waals surface area contributed by atoms with Crippen LogP contribution in [0.5, 0.6) is 0 Å². The van der Waals surface area contributed by atoms with Crippen LogP contribution in [0.15, 0.2) is 60.8 Å². The summed E-state index contributed by atoms with van der Waals surface area (Å²) in [6.07, 6.45) is 3.12. The van der Waals surface area contributed by atoms with Crippen LogP contribution in [0.1, 0.15) is 23.2 Å². The van der Waals surface area contributed by atoms with Gasteiger partial charge in [-0.15, -0.1) is 0 Å². The predicted molar refractivity (Wildman–Crippen MR) is 105 cm³/mol. The molecular formula is C22H20FN3O2. The number of rotatable bonds is 3. The van der Waals surface area contributed by atoms with Gasteiger partial charge in [-0.3, -0.25) is 14.6 Å². The number of fused-ring (bicyclic) bond motifs is 1. The van der Waals surface area contributed by atoms with E-state index >= 15 is 0 Å². The number of likely N-dealkylation sites (tertiary alicyclic amines) is 1. The predicted octanol–water partition coefficient (Wildman–Crippen LogP) is 3.86. The van der Waals surface area contributed by atoms with E-state index in [-0.39, 0.29) is 23.5 Å². The fraction of sp³-hybridized carbons (Fsp3) is 0.227. The van der Waals surface area contributed by atoms with Gasteiger partial charge in [0, 0.05) is 24.0 Å². The Kier molecular flexibility index (Phi) is 5.02. The number of carbonyl (C=O) groups excluding carboxylic acids is 2. The van der Waals surface area contributed by atoms with Crippen LogP contribution in [0.4, 0.5) is 10.1 Å². The van der Waals surface area contributed by atoms with Gasteiger partial charge in [-0.25, -0.2) is 4.39 Å². The van der Waals surface area contributed by atoms with Gasteiger partial charge in [0.2, 0.25) is 5.91 Å². The molecule has 0 bridgehead atoms. The summed E-state index contributed by atoms with van der Waals surface area (Å²) in [7, 11) is 0. The first-order valence-corrected chi connectivity index (χ1v) is 9.31. The molecule has 0 radical (unpaired) electrons. The number of pyridine rings is 1. The maximum Gasteiger partial charge on any atom is 0.253 e. The summed E-state index contributed by atoms with van der Waals surface area (Å²) in [5.41, 5.74) is 1.95. The lowest BCUT2D eigenvalue weighted by atomic mass is 9.96. The summed E-state index contributed by atoms with van der Waals surface area (Å²) < 4.78 is 13.1. The average Bonchev–Trinajstić information content (AvgIpc) is 2.74. The van der Waals surface area contributed by atoms with E-state index in [2.05, 4.69) is 10.3 Å². The van der Waals surface area contributed by atoms with Crippen molar-refractivity contribution in [2.24, 2.45) is 5.92 Å². The molecule has 1 aliphatic rings. The second-order valence-corrected chi connectivity index (χ2v) is 7.00. The second kappa shape index (κ2) is 7.76. The third kappa shape index (κ3) is 3.86. The van der Waals surface area contributed by atoms with Gasteiger partial charge in [0.1, 0.15) is 5.82 Å². The molecule has 1 N–H and O–H groups in total. The number of anilines is 1. The maximum absolute atomic E-state index is 13.1. The van der Waals surface area contributed by atoms with E-state index in [4.69, 9.17) is 0 Å². The number of amides is 2. The Bertz CT molecular complexity index is 1020. The summed E-state index contributed by atoms with van der Waals surface area (Å²) in [5, 5.41) is 3.88. The maximum atomic E-state index is 13.1. The zero-order valence-electron chi connectivity index (χ0n) is 15.3. The molecule has 0 saturated carbocycles. The average molecular weight is 377 g/mol. The van der Waals surface area contributed by atoms with Gasteiger partial charge >= 0.3 is 0 Å². The van der Waals surface area contributed by atoms with Crippen LogP contribution in [-0.2, 0) is 4.79 Å². The smallest absolute Gasteiger partial charge is 0.253 e. The number of hydrogen-bond acceptors (Lipinski definition) is 3. The van der Waals surface area contributed by atoms with Crippen molar-refractivity contribution in [2.45, 2.75) is 12.8 Å². The zero-order valence-corrected chi connectivity index (χ0v) is 15.3. The lowest BCUT2D eigenvalue weighted by molar-refractivity contribution is -0.121. The summed E-state index contributed by atoms with van der Waals surface area (Å²) in [6.45, 7) is 0.945. The molecule has 0 aliphatic carbocycles. The van der Waals surface area contributed by atoms with Crippen LogP contribution < -0.4 is 5.32 Å². The minimum Gasteiger partial charge on any atom is -0.338 e. The molecule has 1 unspecified atom stereocenters. The van der Waals surface area contributed by atoms with E-state index in [1.54, 1.807) is 11.1 Å². The van der Waals surface area contributed by atoms with Crippen LogP contribution >= 0.6 is 0 Å². The zero-order chi connectivity index (χ0) is 19.5. The van der Waals surface area contributed by atoms with Crippen LogP contribution in [0.3, 0.4) is 0 Å². The van der Waals surface area contributed by atoms with E-state index in [0.29, 0.717) is 24.3 Å². The summed E-state index contributed by atoms with van der Waals surface area (Å²) in [5.74, 6) is -0.959.